The third-order valence-electron chi connectivity index (χ3n) is 2.77. The van der Waals surface area contributed by atoms with Crippen LogP contribution in [0, 0.1) is 0 Å². The highest BCUT2D eigenvalue weighted by molar-refractivity contribution is 6.29. The first-order valence-electron chi connectivity index (χ1n) is 9.77. The maximum Gasteiger partial charge on any atom is 0.408 e. The van der Waals surface area contributed by atoms with E-state index in [4.69, 9.17) is 19.8 Å². The van der Waals surface area contributed by atoms with Gasteiger partial charge in [-0.05, 0) is 25.9 Å². The molecule has 6 nitrogen and oxygen atoms in total. The minimum atomic E-state index is -5.71. The molecule has 2 aromatic rings. The summed E-state index contributed by atoms with van der Waals surface area (Å²) in [5.41, 5.74) is -0.334. The monoisotopic (exact) mass is 420 g/mol. The number of hydrogen-bond acceptors (Lipinski definition) is 6. The van der Waals surface area contributed by atoms with Crippen molar-refractivity contribution in [2.45, 2.75) is 38.2 Å². The quantitative estimate of drug-likeness (QED) is 0.554. The van der Waals surface area contributed by atoms with Crippen LogP contribution in [0.15, 0.2) is 18.2 Å². The Morgan fingerprint density at radius 2 is 1.59 bits per heavy atom. The summed E-state index contributed by atoms with van der Waals surface area (Å²) in [5.74, 6) is -3.03. The van der Waals surface area contributed by atoms with Gasteiger partial charge in [0, 0.05) is 4.11 Å². The van der Waals surface area contributed by atoms with Crippen molar-refractivity contribution in [2.24, 2.45) is 0 Å². The van der Waals surface area contributed by atoms with Gasteiger partial charge in [-0.3, -0.25) is 0 Å². The van der Waals surface area contributed by atoms with Crippen LogP contribution in [0.5, 0.6) is 0 Å². The Hall–Kier alpha value is -2.37. The molecule has 0 fully saturated rings. The molecular weight excluding hydrogens is 402 g/mol. The Labute approximate surface area is 162 Å². The van der Waals surface area contributed by atoms with E-state index in [1.807, 2.05) is 0 Å². The zero-order valence-corrected chi connectivity index (χ0v) is 13.8. The number of nitrogens with zero attached hydrogens (tertiary/aromatic N) is 4. The van der Waals surface area contributed by atoms with Gasteiger partial charge in [0.2, 0.25) is 11.9 Å². The average Bonchev–Trinajstić information content (AvgIpc) is 2.60. The molecule has 13 heteroatoms. The van der Waals surface area contributed by atoms with Crippen LogP contribution in [0.1, 0.15) is 22.0 Å². The third-order valence-corrected chi connectivity index (χ3v) is 2.97. The molecule has 0 bridgehead atoms. The summed E-state index contributed by atoms with van der Waals surface area (Å²) >= 11 is 5.70. The fraction of sp³-hybridized carbons (Fsp3) is 0.429. The molecule has 27 heavy (non-hydrogen) atoms. The van der Waals surface area contributed by atoms with Gasteiger partial charge in [0.15, 0.2) is 5.82 Å². The highest BCUT2D eigenvalue weighted by Gasteiger charge is 2.38. The van der Waals surface area contributed by atoms with Crippen molar-refractivity contribution in [1.82, 2.24) is 19.9 Å². The van der Waals surface area contributed by atoms with Crippen LogP contribution in [0.25, 0.3) is 11.5 Å². The fourth-order valence-electron chi connectivity index (χ4n) is 1.51. The lowest BCUT2D eigenvalue weighted by molar-refractivity contribution is -0.139. The summed E-state index contributed by atoms with van der Waals surface area (Å²) < 4.78 is 123. The van der Waals surface area contributed by atoms with Crippen LogP contribution in [0.4, 0.5) is 38.2 Å². The molecule has 148 valence electrons. The molecule has 2 heterocycles. The molecule has 0 radical (unpaired) electrons. The van der Waals surface area contributed by atoms with Crippen molar-refractivity contribution in [1.29, 1.82) is 0 Å². The van der Waals surface area contributed by atoms with E-state index in [9.17, 15) is 26.3 Å². The predicted molar refractivity (Wildman–Crippen MR) is 86.3 cm³/mol. The first-order chi connectivity index (χ1) is 14.7. The van der Waals surface area contributed by atoms with E-state index in [2.05, 4.69) is 19.9 Å². The topological polar surface area (TPSA) is 75.6 Å². The maximum atomic E-state index is 13.4. The van der Waals surface area contributed by atoms with Crippen molar-refractivity contribution in [3.8, 4) is 11.5 Å². The zero-order chi connectivity index (χ0) is 25.6. The molecule has 0 unspecified atom stereocenters. The molecule has 0 saturated heterocycles. The lowest BCUT2D eigenvalue weighted by atomic mass is 10.3. The number of alkyl halides is 6. The molecule has 2 aromatic heterocycles. The normalized spacial score (nSPS) is 20.6. The Balaban J connectivity index is 2.68. The van der Waals surface area contributed by atoms with Gasteiger partial charge in [-0.15, -0.1) is 0 Å². The van der Waals surface area contributed by atoms with E-state index < -0.39 is 54.1 Å². The van der Waals surface area contributed by atoms with Gasteiger partial charge in [-0.1, -0.05) is 17.7 Å². The zero-order valence-electron chi connectivity index (χ0n) is 19.1. The average molecular weight is 421 g/mol. The van der Waals surface area contributed by atoms with E-state index in [0.717, 1.165) is 12.1 Å². The lowest BCUT2D eigenvalue weighted by Crippen LogP contribution is -2.35. The van der Waals surface area contributed by atoms with Gasteiger partial charge in [0.1, 0.15) is 22.9 Å². The van der Waals surface area contributed by atoms with Crippen molar-refractivity contribution >= 4 is 23.5 Å². The Kier molecular flexibility index (Phi) is 3.92. The molecule has 0 aliphatic rings. The third kappa shape index (κ3) is 5.81. The number of halogens is 7. The van der Waals surface area contributed by atoms with Gasteiger partial charge in [0.25, 0.3) is 0 Å². The largest absolute Gasteiger partial charge is 0.408 e. The second kappa shape index (κ2) is 7.71. The van der Waals surface area contributed by atoms with E-state index >= 15 is 0 Å². The number of rotatable bonds is 5. The van der Waals surface area contributed by atoms with Crippen molar-refractivity contribution in [3.63, 3.8) is 0 Å². The summed E-state index contributed by atoms with van der Waals surface area (Å²) in [7, 11) is 0. The highest BCUT2D eigenvalue weighted by Crippen LogP contribution is 2.26. The van der Waals surface area contributed by atoms with Crippen LogP contribution in [0.3, 0.4) is 0 Å². The molecule has 2 atom stereocenters. The molecule has 0 aromatic carbocycles. The molecular formula is C14H13ClF6N6. The minimum Gasteiger partial charge on any atom is -0.343 e. The van der Waals surface area contributed by atoms with Gasteiger partial charge in [-0.2, -0.15) is 41.3 Å². The molecule has 0 amide bonds. The second-order valence-corrected chi connectivity index (χ2v) is 5.18. The highest BCUT2D eigenvalue weighted by atomic mass is 35.5. The SMILES string of the molecule is [2H]c1ccc(-c2nc(N[C@]([2H])(C([2H])([2H])[2H])C(F)(F)F)nc(N[C@]([2H])(C)C(F)(F)F)n2)nc1Cl. The van der Waals surface area contributed by atoms with Crippen LogP contribution < -0.4 is 10.6 Å². The van der Waals surface area contributed by atoms with Crippen molar-refractivity contribution in [3.05, 3.63) is 23.3 Å². The molecule has 0 saturated carbocycles. The predicted octanol–water partition coefficient (Wildman–Crippen LogP) is 4.31. The van der Waals surface area contributed by atoms with Crippen LogP contribution in [-0.4, -0.2) is 44.3 Å². The fourth-order valence-corrected chi connectivity index (χ4v) is 1.67. The summed E-state index contributed by atoms with van der Waals surface area (Å²) in [5, 5.41) is 2.42. The molecule has 2 rings (SSSR count). The Bertz CT molecular complexity index is 1020. The van der Waals surface area contributed by atoms with E-state index in [0.29, 0.717) is 6.92 Å². The first kappa shape index (κ1) is 13.7. The lowest BCUT2D eigenvalue weighted by Gasteiger charge is -2.20. The maximum absolute atomic E-state index is 13.4. The standard InChI is InChI=1S/C14H13ClF6N6/c1-6(13(16,17)18)22-11-25-10(8-4-3-5-9(15)24-8)26-12(27-11)23-7(2)14(19,20)21/h3-7H,1-2H3,(H2,22,23,25,26,27)/t6-,7-/m1/s1/i1D3,5D,6D,7D. The smallest absolute Gasteiger partial charge is 0.343 e. The van der Waals surface area contributed by atoms with Gasteiger partial charge in [-0.25, -0.2) is 4.98 Å². The molecule has 0 aliphatic heterocycles. The number of hydrogen-bond donors (Lipinski definition) is 2. The van der Waals surface area contributed by atoms with Crippen molar-refractivity contribution < 1.29 is 34.6 Å². The number of aromatic nitrogens is 4. The van der Waals surface area contributed by atoms with E-state index in [1.54, 1.807) is 5.32 Å². The molecule has 2 N–H and O–H groups in total. The summed E-state index contributed by atoms with van der Waals surface area (Å²) in [6, 6.07) is -5.92. The second-order valence-electron chi connectivity index (χ2n) is 4.82. The molecule has 0 spiro atoms. The van der Waals surface area contributed by atoms with Gasteiger partial charge >= 0.3 is 12.4 Å². The minimum absolute atomic E-state index is 0.272. The van der Waals surface area contributed by atoms with Crippen LogP contribution in [0.2, 0.25) is 5.15 Å². The Morgan fingerprint density at radius 3 is 2.07 bits per heavy atom. The van der Waals surface area contributed by atoms with Crippen LogP contribution in [-0.2, 0) is 0 Å². The van der Waals surface area contributed by atoms with Gasteiger partial charge < -0.3 is 10.6 Å². The van der Waals surface area contributed by atoms with Gasteiger partial charge in [0.05, 0.1) is 4.11 Å². The summed E-state index contributed by atoms with van der Waals surface area (Å²) in [6.45, 7) is -3.66. The van der Waals surface area contributed by atoms with E-state index in [1.165, 1.54) is 5.32 Å². The summed E-state index contributed by atoms with van der Waals surface area (Å²) in [4.78, 5) is 14.0. The number of nitrogens with one attached hydrogen (secondary N) is 2. The number of anilines is 2. The van der Waals surface area contributed by atoms with Crippen LogP contribution >= 0.6 is 11.6 Å². The first-order valence-corrected chi connectivity index (χ1v) is 7.15. The Morgan fingerprint density at radius 1 is 1.04 bits per heavy atom. The molecule has 0 aliphatic carbocycles. The van der Waals surface area contributed by atoms with Crippen molar-refractivity contribution in [2.75, 3.05) is 10.6 Å². The number of pyridine rings is 1. The van der Waals surface area contributed by atoms with E-state index in [-0.39, 0.29) is 11.7 Å². The summed E-state index contributed by atoms with van der Waals surface area (Å²) in [6.07, 6.45) is -10.9.